The lowest BCUT2D eigenvalue weighted by atomic mass is 10.0. The van der Waals surface area contributed by atoms with E-state index in [1.54, 1.807) is 24.3 Å². The summed E-state index contributed by atoms with van der Waals surface area (Å²) in [6.45, 7) is 3.40. The highest BCUT2D eigenvalue weighted by Crippen LogP contribution is 2.29. The zero-order valence-electron chi connectivity index (χ0n) is 8.06. The summed E-state index contributed by atoms with van der Waals surface area (Å²) in [5.41, 5.74) is 0.637. The Morgan fingerprint density at radius 2 is 2.21 bits per heavy atom. The number of hydrogen-bond donors (Lipinski definition) is 1. The summed E-state index contributed by atoms with van der Waals surface area (Å²) >= 11 is 0. The summed E-state index contributed by atoms with van der Waals surface area (Å²) in [4.78, 5) is 10.1. The Labute approximate surface area is 83.3 Å². The average Bonchev–Trinajstić information content (AvgIpc) is 2.18. The van der Waals surface area contributed by atoms with E-state index < -0.39 is 6.10 Å². The first kappa shape index (κ1) is 10.6. The third-order valence-electron chi connectivity index (χ3n) is 2.02. The molecule has 0 aliphatic heterocycles. The highest BCUT2D eigenvalue weighted by atomic mass is 16.5. The third-order valence-corrected chi connectivity index (χ3v) is 2.02. The van der Waals surface area contributed by atoms with Crippen molar-refractivity contribution in [2.45, 2.75) is 25.9 Å². The van der Waals surface area contributed by atoms with E-state index >= 15 is 0 Å². The van der Waals surface area contributed by atoms with Gasteiger partial charge in [-0.2, -0.15) is 0 Å². The van der Waals surface area contributed by atoms with E-state index in [4.69, 9.17) is 4.74 Å². The molecule has 3 heteroatoms. The van der Waals surface area contributed by atoms with Gasteiger partial charge in [0.2, 0.25) is 0 Å². The van der Waals surface area contributed by atoms with Crippen LogP contribution in [0.15, 0.2) is 24.3 Å². The summed E-state index contributed by atoms with van der Waals surface area (Å²) in [6, 6.07) is 6.84. The lowest BCUT2D eigenvalue weighted by Gasteiger charge is -2.14. The first-order valence-corrected chi connectivity index (χ1v) is 4.60. The van der Waals surface area contributed by atoms with Gasteiger partial charge in [0.05, 0.1) is 0 Å². The summed E-state index contributed by atoms with van der Waals surface area (Å²) in [6.07, 6.45) is 1.17. The van der Waals surface area contributed by atoms with E-state index in [2.05, 4.69) is 0 Å². The van der Waals surface area contributed by atoms with E-state index in [0.717, 1.165) is 6.42 Å². The Morgan fingerprint density at radius 1 is 1.50 bits per heavy atom. The van der Waals surface area contributed by atoms with E-state index in [0.29, 0.717) is 12.0 Å². The fourth-order valence-electron chi connectivity index (χ4n) is 1.36. The van der Waals surface area contributed by atoms with Crippen LogP contribution in [0.3, 0.4) is 0 Å². The molecule has 0 fully saturated rings. The molecule has 14 heavy (non-hydrogen) atoms. The van der Waals surface area contributed by atoms with Gasteiger partial charge in [0, 0.05) is 5.56 Å². The minimum atomic E-state index is -0.390. The number of phenolic OH excluding ortho intramolecular Hbond substituents is 1. The molecular weight excluding hydrogens is 180 g/mol. The van der Waals surface area contributed by atoms with E-state index in [1.807, 2.05) is 6.92 Å². The van der Waals surface area contributed by atoms with E-state index in [1.165, 1.54) is 6.47 Å². The fraction of sp³-hybridized carbons (Fsp3) is 0.364. The predicted molar refractivity (Wildman–Crippen MR) is 52.5 cm³/mol. The maximum absolute atomic E-state index is 10.1. The van der Waals surface area contributed by atoms with Crippen molar-refractivity contribution in [1.82, 2.24) is 0 Å². The zero-order valence-corrected chi connectivity index (χ0v) is 8.06. The number of carbonyl (C=O) groups excluding carboxylic acids is 1. The standard InChI is InChI=1S/C11H13O3/c1-2-5-11(14-8-12)9-6-3-4-7-10(9)13/h3-4,6-7,11,13H,2,5H2,1H3. The second kappa shape index (κ2) is 5.27. The van der Waals surface area contributed by atoms with Crippen molar-refractivity contribution in [2.75, 3.05) is 0 Å². The number of rotatable bonds is 5. The molecule has 0 spiro atoms. The van der Waals surface area contributed by atoms with Crippen LogP contribution < -0.4 is 0 Å². The lowest BCUT2D eigenvalue weighted by Crippen LogP contribution is -2.02. The Morgan fingerprint density at radius 3 is 2.79 bits per heavy atom. The summed E-state index contributed by atoms with van der Waals surface area (Å²) < 4.78 is 4.78. The minimum absolute atomic E-state index is 0.154. The Bertz CT molecular complexity index is 296. The normalized spacial score (nSPS) is 12.1. The van der Waals surface area contributed by atoms with Crippen LogP contribution in [0.5, 0.6) is 5.75 Å². The predicted octanol–water partition coefficient (Wildman–Crippen LogP) is 2.32. The van der Waals surface area contributed by atoms with Crippen LogP contribution in [0.2, 0.25) is 0 Å². The lowest BCUT2D eigenvalue weighted by molar-refractivity contribution is 0.165. The molecule has 0 aromatic heterocycles. The number of benzene rings is 1. The minimum Gasteiger partial charge on any atom is -0.508 e. The summed E-state index contributed by atoms with van der Waals surface area (Å²) in [5.74, 6) is 0.154. The third kappa shape index (κ3) is 2.49. The molecule has 0 aliphatic carbocycles. The van der Waals surface area contributed by atoms with Crippen molar-refractivity contribution in [3.63, 3.8) is 0 Å². The fourth-order valence-corrected chi connectivity index (χ4v) is 1.36. The molecule has 3 nitrogen and oxygen atoms in total. The number of ether oxygens (including phenoxy) is 1. The van der Waals surface area contributed by atoms with Gasteiger partial charge in [0.15, 0.2) is 0 Å². The largest absolute Gasteiger partial charge is 0.508 e. The van der Waals surface area contributed by atoms with Crippen molar-refractivity contribution in [2.24, 2.45) is 0 Å². The number of hydrogen-bond acceptors (Lipinski definition) is 3. The molecule has 0 aliphatic rings. The molecule has 1 N–H and O–H groups in total. The van der Waals surface area contributed by atoms with Gasteiger partial charge >= 0.3 is 6.47 Å². The molecule has 0 bridgehead atoms. The van der Waals surface area contributed by atoms with Crippen LogP contribution in [0.4, 0.5) is 0 Å². The van der Waals surface area contributed by atoms with E-state index in [9.17, 15) is 9.90 Å². The van der Waals surface area contributed by atoms with Gasteiger partial charge in [-0.05, 0) is 12.5 Å². The second-order valence-electron chi connectivity index (χ2n) is 3.04. The topological polar surface area (TPSA) is 46.5 Å². The molecule has 1 atom stereocenters. The second-order valence-corrected chi connectivity index (χ2v) is 3.04. The van der Waals surface area contributed by atoms with Gasteiger partial charge in [-0.15, -0.1) is 0 Å². The van der Waals surface area contributed by atoms with Gasteiger partial charge in [-0.3, -0.25) is 0 Å². The molecular formula is C11H13O3. The highest BCUT2D eigenvalue weighted by Gasteiger charge is 2.14. The van der Waals surface area contributed by atoms with Crippen LogP contribution >= 0.6 is 0 Å². The molecule has 1 radical (unpaired) electrons. The van der Waals surface area contributed by atoms with Crippen molar-refractivity contribution < 1.29 is 14.6 Å². The molecule has 1 rings (SSSR count). The molecule has 1 unspecified atom stereocenters. The Hall–Kier alpha value is -1.51. The first-order chi connectivity index (χ1) is 6.79. The van der Waals surface area contributed by atoms with Gasteiger partial charge < -0.3 is 9.84 Å². The van der Waals surface area contributed by atoms with Gasteiger partial charge in [0.25, 0.3) is 0 Å². The molecule has 1 aromatic carbocycles. The smallest absolute Gasteiger partial charge is 0.418 e. The Balaban J connectivity index is 2.86. The highest BCUT2D eigenvalue weighted by molar-refractivity contribution is 5.41. The quantitative estimate of drug-likeness (QED) is 0.780. The molecule has 0 saturated heterocycles. The maximum atomic E-state index is 10.1. The van der Waals surface area contributed by atoms with Crippen LogP contribution in [-0.2, 0) is 9.53 Å². The SMILES string of the molecule is CCCC(O[C]=O)c1ccccc1O. The van der Waals surface area contributed by atoms with Gasteiger partial charge in [-0.25, -0.2) is 4.79 Å². The van der Waals surface area contributed by atoms with Crippen molar-refractivity contribution in [3.05, 3.63) is 29.8 Å². The monoisotopic (exact) mass is 193 g/mol. The van der Waals surface area contributed by atoms with E-state index in [-0.39, 0.29) is 5.75 Å². The van der Waals surface area contributed by atoms with Crippen molar-refractivity contribution in [1.29, 1.82) is 0 Å². The first-order valence-electron chi connectivity index (χ1n) is 4.60. The van der Waals surface area contributed by atoms with Crippen molar-refractivity contribution in [3.8, 4) is 5.75 Å². The number of phenols is 1. The average molecular weight is 193 g/mol. The number of aromatic hydroxyl groups is 1. The number of para-hydroxylation sites is 1. The maximum Gasteiger partial charge on any atom is 0.418 e. The summed E-state index contributed by atoms with van der Waals surface area (Å²) in [5, 5.41) is 9.52. The molecule has 0 saturated carbocycles. The molecule has 1 aromatic rings. The molecule has 0 heterocycles. The van der Waals surface area contributed by atoms with Crippen molar-refractivity contribution >= 4 is 6.47 Å². The van der Waals surface area contributed by atoms with Crippen LogP contribution in [0.25, 0.3) is 0 Å². The van der Waals surface area contributed by atoms with Crippen LogP contribution in [0.1, 0.15) is 31.4 Å². The molecule has 75 valence electrons. The van der Waals surface area contributed by atoms with Gasteiger partial charge in [0.1, 0.15) is 11.9 Å². The Kier molecular flexibility index (Phi) is 3.98. The van der Waals surface area contributed by atoms with Gasteiger partial charge in [-0.1, -0.05) is 31.5 Å². The zero-order chi connectivity index (χ0) is 10.4. The van der Waals surface area contributed by atoms with Crippen LogP contribution in [-0.4, -0.2) is 11.6 Å². The summed E-state index contributed by atoms with van der Waals surface area (Å²) in [7, 11) is 0. The molecule has 0 amide bonds. The van der Waals surface area contributed by atoms with Crippen LogP contribution in [0, 0.1) is 0 Å².